The van der Waals surface area contributed by atoms with Gasteiger partial charge in [-0.2, -0.15) is 0 Å². The monoisotopic (exact) mass is 299 g/mol. The number of benzene rings is 1. The molecular formula is C21H33N. The van der Waals surface area contributed by atoms with Gasteiger partial charge in [0.05, 0.1) is 0 Å². The molecule has 1 aliphatic carbocycles. The molecule has 1 heteroatoms. The van der Waals surface area contributed by atoms with Crippen molar-refractivity contribution in [3.8, 4) is 0 Å². The summed E-state index contributed by atoms with van der Waals surface area (Å²) in [5.41, 5.74) is 3.43. The average Bonchev–Trinajstić information content (AvgIpc) is 2.54. The van der Waals surface area contributed by atoms with Crippen molar-refractivity contribution in [3.05, 3.63) is 47.5 Å². The van der Waals surface area contributed by atoms with Crippen LogP contribution in [-0.2, 0) is 5.41 Å². The summed E-state index contributed by atoms with van der Waals surface area (Å²) in [6.45, 7) is 10.3. The molecule has 122 valence electrons. The van der Waals surface area contributed by atoms with Crippen LogP contribution in [0.4, 0.5) is 0 Å². The first-order valence-corrected chi connectivity index (χ1v) is 8.86. The van der Waals surface area contributed by atoms with E-state index in [9.17, 15) is 0 Å². The summed E-state index contributed by atoms with van der Waals surface area (Å²) < 4.78 is 0. The van der Waals surface area contributed by atoms with E-state index >= 15 is 0 Å². The van der Waals surface area contributed by atoms with E-state index in [2.05, 4.69) is 76.1 Å². The van der Waals surface area contributed by atoms with Crippen molar-refractivity contribution in [2.75, 3.05) is 13.6 Å². The average molecular weight is 300 g/mol. The second-order valence-corrected chi connectivity index (χ2v) is 7.45. The molecule has 22 heavy (non-hydrogen) atoms. The van der Waals surface area contributed by atoms with Crippen LogP contribution in [-0.4, -0.2) is 24.0 Å². The van der Waals surface area contributed by atoms with Gasteiger partial charge in [0, 0.05) is 17.5 Å². The molecule has 0 N–H and O–H groups in total. The third kappa shape index (κ3) is 3.01. The molecule has 2 unspecified atom stereocenters. The predicted molar refractivity (Wildman–Crippen MR) is 97.3 cm³/mol. The molecule has 0 radical (unpaired) electrons. The van der Waals surface area contributed by atoms with Crippen molar-refractivity contribution < 1.29 is 0 Å². The lowest BCUT2D eigenvalue weighted by Gasteiger charge is -2.57. The van der Waals surface area contributed by atoms with E-state index in [1.165, 1.54) is 43.2 Å². The molecule has 0 heterocycles. The Labute approximate surface area is 137 Å². The Morgan fingerprint density at radius 2 is 1.77 bits per heavy atom. The lowest BCUT2D eigenvalue weighted by atomic mass is 9.57. The maximum Gasteiger partial charge on any atom is 0.0301 e. The molecule has 0 aromatic heterocycles. The van der Waals surface area contributed by atoms with Crippen molar-refractivity contribution >= 4 is 0 Å². The quantitative estimate of drug-likeness (QED) is 0.643. The molecule has 0 bridgehead atoms. The third-order valence-corrected chi connectivity index (χ3v) is 6.04. The molecule has 0 saturated heterocycles. The van der Waals surface area contributed by atoms with E-state index in [1.807, 2.05) is 0 Å². The van der Waals surface area contributed by atoms with Crippen LogP contribution in [0.3, 0.4) is 0 Å². The Hall–Kier alpha value is -1.08. The van der Waals surface area contributed by atoms with Crippen LogP contribution in [0.5, 0.6) is 0 Å². The van der Waals surface area contributed by atoms with Crippen molar-refractivity contribution in [2.24, 2.45) is 0 Å². The highest BCUT2D eigenvalue weighted by Crippen LogP contribution is 2.50. The highest BCUT2D eigenvalue weighted by molar-refractivity contribution is 5.31. The minimum absolute atomic E-state index is 0.242. The fourth-order valence-corrected chi connectivity index (χ4v) is 4.57. The molecule has 0 spiro atoms. The van der Waals surface area contributed by atoms with Gasteiger partial charge in [-0.25, -0.2) is 0 Å². The molecule has 1 fully saturated rings. The molecule has 1 aliphatic rings. The van der Waals surface area contributed by atoms with Gasteiger partial charge in [0.1, 0.15) is 0 Å². The minimum Gasteiger partial charge on any atom is -0.296 e. The van der Waals surface area contributed by atoms with Crippen molar-refractivity contribution in [2.45, 2.75) is 70.8 Å². The molecule has 1 saturated carbocycles. The fraction of sp³-hybridized carbons (Fsp3) is 0.619. The molecule has 0 amide bonds. The smallest absolute Gasteiger partial charge is 0.0301 e. The van der Waals surface area contributed by atoms with Crippen LogP contribution in [0.15, 0.2) is 42.0 Å². The molecule has 2 rings (SSSR count). The number of hydrogen-bond acceptors (Lipinski definition) is 1. The number of hydrogen-bond donors (Lipinski definition) is 0. The normalized spacial score (nSPS) is 28.6. The zero-order valence-electron chi connectivity index (χ0n) is 15.2. The standard InChI is InChI=1S/C21H33N/c1-6-21(22(5)17-14-18(2)3)16-11-10-15-20(21,4)19-12-8-7-9-13-19/h7-9,12-14H,6,10-11,15-17H2,1-5H3. The van der Waals surface area contributed by atoms with Gasteiger partial charge < -0.3 is 0 Å². The van der Waals surface area contributed by atoms with Gasteiger partial charge in [-0.1, -0.05) is 68.7 Å². The van der Waals surface area contributed by atoms with E-state index < -0.39 is 0 Å². The van der Waals surface area contributed by atoms with E-state index in [0.29, 0.717) is 0 Å². The van der Waals surface area contributed by atoms with E-state index in [0.717, 1.165) is 6.54 Å². The number of rotatable bonds is 5. The summed E-state index contributed by atoms with van der Waals surface area (Å²) in [4.78, 5) is 2.63. The van der Waals surface area contributed by atoms with Gasteiger partial charge in [0.25, 0.3) is 0 Å². The third-order valence-electron chi connectivity index (χ3n) is 6.04. The molecule has 1 aromatic carbocycles. The topological polar surface area (TPSA) is 3.24 Å². The molecule has 1 aromatic rings. The van der Waals surface area contributed by atoms with Gasteiger partial charge in [0.2, 0.25) is 0 Å². The van der Waals surface area contributed by atoms with E-state index in [4.69, 9.17) is 0 Å². The van der Waals surface area contributed by atoms with Crippen LogP contribution in [0.25, 0.3) is 0 Å². The number of allylic oxidation sites excluding steroid dienone is 1. The largest absolute Gasteiger partial charge is 0.296 e. The first-order valence-electron chi connectivity index (χ1n) is 8.86. The van der Waals surface area contributed by atoms with Crippen LogP contribution >= 0.6 is 0 Å². The van der Waals surface area contributed by atoms with Crippen LogP contribution in [0.2, 0.25) is 0 Å². The summed E-state index contributed by atoms with van der Waals surface area (Å²) in [5, 5.41) is 0. The maximum absolute atomic E-state index is 2.63. The Morgan fingerprint density at radius 3 is 2.36 bits per heavy atom. The van der Waals surface area contributed by atoms with Gasteiger partial charge in [0.15, 0.2) is 0 Å². The highest BCUT2D eigenvalue weighted by Gasteiger charge is 2.51. The summed E-state index contributed by atoms with van der Waals surface area (Å²) in [6.07, 6.45) is 8.90. The van der Waals surface area contributed by atoms with Crippen LogP contribution in [0, 0.1) is 0 Å². The summed E-state index contributed by atoms with van der Waals surface area (Å²) in [6, 6.07) is 11.2. The molecule has 0 aliphatic heterocycles. The van der Waals surface area contributed by atoms with Crippen molar-refractivity contribution in [3.63, 3.8) is 0 Å². The SMILES string of the molecule is CCC1(N(C)CC=C(C)C)CCCCC1(C)c1ccccc1. The maximum atomic E-state index is 2.63. The molecule has 2 atom stereocenters. The second-order valence-electron chi connectivity index (χ2n) is 7.45. The lowest BCUT2D eigenvalue weighted by molar-refractivity contribution is 0.00483. The highest BCUT2D eigenvalue weighted by atomic mass is 15.2. The summed E-state index contributed by atoms with van der Waals surface area (Å²) in [5.74, 6) is 0. The second kappa shape index (κ2) is 7.00. The first kappa shape index (κ1) is 17.3. The summed E-state index contributed by atoms with van der Waals surface area (Å²) in [7, 11) is 2.33. The Kier molecular flexibility index (Phi) is 5.50. The van der Waals surface area contributed by atoms with Gasteiger partial charge in [-0.15, -0.1) is 0 Å². The minimum atomic E-state index is 0.242. The van der Waals surface area contributed by atoms with Gasteiger partial charge in [-0.05, 0) is 45.7 Å². The zero-order valence-corrected chi connectivity index (χ0v) is 15.2. The Balaban J connectivity index is 2.43. The van der Waals surface area contributed by atoms with Gasteiger partial charge in [-0.3, -0.25) is 4.90 Å². The molecule has 1 nitrogen and oxygen atoms in total. The Morgan fingerprint density at radius 1 is 1.14 bits per heavy atom. The van der Waals surface area contributed by atoms with Crippen LogP contribution in [0.1, 0.15) is 65.4 Å². The zero-order chi connectivity index (χ0) is 16.2. The summed E-state index contributed by atoms with van der Waals surface area (Å²) >= 11 is 0. The van der Waals surface area contributed by atoms with Crippen molar-refractivity contribution in [1.29, 1.82) is 0 Å². The van der Waals surface area contributed by atoms with Crippen molar-refractivity contribution in [1.82, 2.24) is 4.90 Å². The first-order chi connectivity index (χ1) is 10.5. The van der Waals surface area contributed by atoms with Gasteiger partial charge >= 0.3 is 0 Å². The number of likely N-dealkylation sites (N-methyl/N-ethyl adjacent to an activating group) is 1. The fourth-order valence-electron chi connectivity index (χ4n) is 4.57. The number of nitrogens with zero attached hydrogens (tertiary/aromatic N) is 1. The van der Waals surface area contributed by atoms with E-state index in [-0.39, 0.29) is 11.0 Å². The Bertz CT molecular complexity index is 500. The molecular weight excluding hydrogens is 266 g/mol. The van der Waals surface area contributed by atoms with Crippen LogP contribution < -0.4 is 0 Å². The predicted octanol–water partition coefficient (Wildman–Crippen LogP) is 5.57. The van der Waals surface area contributed by atoms with E-state index in [1.54, 1.807) is 0 Å². The lowest BCUT2D eigenvalue weighted by Crippen LogP contribution is -2.61.